The van der Waals surface area contributed by atoms with Gasteiger partial charge in [0.25, 0.3) is 0 Å². The average Bonchev–Trinajstić information content (AvgIpc) is 3.10. The number of carbonyl (C=O) groups is 1. The van der Waals surface area contributed by atoms with Crippen molar-refractivity contribution >= 4 is 17.7 Å². The summed E-state index contributed by atoms with van der Waals surface area (Å²) in [6.45, 7) is 4.39. The summed E-state index contributed by atoms with van der Waals surface area (Å²) in [4.78, 5) is 12.2. The molecule has 6 nitrogen and oxygen atoms in total. The predicted octanol–water partition coefficient (Wildman–Crippen LogP) is 4.11. The number of hydrogen-bond acceptors (Lipinski definition) is 5. The van der Waals surface area contributed by atoms with E-state index < -0.39 is 5.82 Å². The highest BCUT2D eigenvalue weighted by Crippen LogP contribution is 2.21. The van der Waals surface area contributed by atoms with Gasteiger partial charge in [0, 0.05) is 24.8 Å². The standard InChI is InChI=1S/C21H27FN4O2S/c1-2-13-26-19(15-28-18-11-7-6-10-17(18)22)24-25-21(26)29-14-12-20(27)23-16-8-4-3-5-9-16/h2,6-7,10-11,16H,1,3-5,8-9,12-15H2,(H,23,27). The van der Waals surface area contributed by atoms with E-state index in [2.05, 4.69) is 22.1 Å². The van der Waals surface area contributed by atoms with Gasteiger partial charge in [0.15, 0.2) is 22.5 Å². The van der Waals surface area contributed by atoms with Gasteiger partial charge in [-0.2, -0.15) is 0 Å². The number of benzene rings is 1. The SMILES string of the molecule is C=CCn1c(COc2ccccc2F)nnc1SCCC(=O)NC1CCCCC1. The Hall–Kier alpha value is -2.35. The quantitative estimate of drug-likeness (QED) is 0.464. The van der Waals surface area contributed by atoms with Crippen LogP contribution in [0.5, 0.6) is 5.75 Å². The van der Waals surface area contributed by atoms with Crippen LogP contribution in [0.2, 0.25) is 0 Å². The van der Waals surface area contributed by atoms with Crippen molar-refractivity contribution in [1.29, 1.82) is 0 Å². The molecule has 1 aromatic carbocycles. The molecule has 1 amide bonds. The monoisotopic (exact) mass is 418 g/mol. The molecule has 1 saturated carbocycles. The Kier molecular flexibility index (Phi) is 8.10. The van der Waals surface area contributed by atoms with Crippen molar-refractivity contribution in [3.8, 4) is 5.75 Å². The summed E-state index contributed by atoms with van der Waals surface area (Å²) >= 11 is 1.47. The number of rotatable bonds is 10. The van der Waals surface area contributed by atoms with E-state index in [-0.39, 0.29) is 18.3 Å². The molecule has 29 heavy (non-hydrogen) atoms. The summed E-state index contributed by atoms with van der Waals surface area (Å²) in [5.41, 5.74) is 0. The van der Waals surface area contributed by atoms with Crippen LogP contribution >= 0.6 is 11.8 Å². The zero-order valence-electron chi connectivity index (χ0n) is 16.5. The van der Waals surface area contributed by atoms with Crippen LogP contribution in [-0.2, 0) is 17.9 Å². The third kappa shape index (κ3) is 6.32. The van der Waals surface area contributed by atoms with Crippen LogP contribution in [0, 0.1) is 5.82 Å². The van der Waals surface area contributed by atoms with Gasteiger partial charge in [-0.05, 0) is 25.0 Å². The van der Waals surface area contributed by atoms with Crippen LogP contribution in [0.1, 0.15) is 44.3 Å². The molecule has 3 rings (SSSR count). The topological polar surface area (TPSA) is 69.0 Å². The maximum atomic E-state index is 13.7. The van der Waals surface area contributed by atoms with Crippen molar-refractivity contribution in [2.75, 3.05) is 5.75 Å². The maximum absolute atomic E-state index is 13.7. The number of thioether (sulfide) groups is 1. The minimum absolute atomic E-state index is 0.0855. The molecule has 1 heterocycles. The van der Waals surface area contributed by atoms with Crippen molar-refractivity contribution in [2.24, 2.45) is 0 Å². The highest BCUT2D eigenvalue weighted by Gasteiger charge is 2.17. The molecule has 0 radical (unpaired) electrons. The first-order valence-corrected chi connectivity index (χ1v) is 11.0. The van der Waals surface area contributed by atoms with Crippen LogP contribution in [0.25, 0.3) is 0 Å². The van der Waals surface area contributed by atoms with E-state index in [1.165, 1.54) is 37.1 Å². The third-order valence-corrected chi connectivity index (χ3v) is 5.80. The number of nitrogens with one attached hydrogen (secondary N) is 1. The number of ether oxygens (including phenoxy) is 1. The zero-order chi connectivity index (χ0) is 20.5. The third-order valence-electron chi connectivity index (χ3n) is 4.83. The molecule has 0 atom stereocenters. The molecular formula is C21H27FN4O2S. The second kappa shape index (κ2) is 11.0. The number of hydrogen-bond donors (Lipinski definition) is 1. The number of allylic oxidation sites excluding steroid dienone is 1. The molecule has 2 aromatic rings. The van der Waals surface area contributed by atoms with E-state index in [0.717, 1.165) is 12.8 Å². The second-order valence-electron chi connectivity index (χ2n) is 7.02. The van der Waals surface area contributed by atoms with Crippen LogP contribution < -0.4 is 10.1 Å². The molecule has 0 spiro atoms. The van der Waals surface area contributed by atoms with Gasteiger partial charge in [0.05, 0.1) is 0 Å². The average molecular weight is 419 g/mol. The Morgan fingerprint density at radius 1 is 1.31 bits per heavy atom. The molecule has 8 heteroatoms. The Morgan fingerprint density at radius 2 is 2.10 bits per heavy atom. The van der Waals surface area contributed by atoms with E-state index in [0.29, 0.717) is 35.7 Å². The molecule has 156 valence electrons. The Balaban J connectivity index is 1.51. The lowest BCUT2D eigenvalue weighted by molar-refractivity contribution is -0.121. The van der Waals surface area contributed by atoms with Crippen molar-refractivity contribution in [1.82, 2.24) is 20.1 Å². The molecule has 1 aliphatic carbocycles. The fraction of sp³-hybridized carbons (Fsp3) is 0.476. The lowest BCUT2D eigenvalue weighted by atomic mass is 9.95. The summed E-state index contributed by atoms with van der Waals surface area (Å²) in [6, 6.07) is 6.58. The van der Waals surface area contributed by atoms with Gasteiger partial charge < -0.3 is 10.1 Å². The van der Waals surface area contributed by atoms with Gasteiger partial charge in [-0.15, -0.1) is 16.8 Å². The first-order chi connectivity index (χ1) is 14.2. The van der Waals surface area contributed by atoms with Crippen molar-refractivity contribution < 1.29 is 13.9 Å². The molecule has 1 aliphatic rings. The van der Waals surface area contributed by atoms with Crippen molar-refractivity contribution in [3.63, 3.8) is 0 Å². The number of carbonyl (C=O) groups excluding carboxylic acids is 1. The van der Waals surface area contributed by atoms with E-state index in [9.17, 15) is 9.18 Å². The molecule has 1 N–H and O–H groups in total. The maximum Gasteiger partial charge on any atom is 0.221 e. The second-order valence-corrected chi connectivity index (χ2v) is 8.08. The summed E-state index contributed by atoms with van der Waals surface area (Å²) in [5, 5.41) is 12.2. The summed E-state index contributed by atoms with van der Waals surface area (Å²) < 4.78 is 21.1. The number of aromatic nitrogens is 3. The van der Waals surface area contributed by atoms with E-state index in [4.69, 9.17) is 4.74 Å². The number of nitrogens with zero attached hydrogens (tertiary/aromatic N) is 3. The lowest BCUT2D eigenvalue weighted by Gasteiger charge is -2.22. The van der Waals surface area contributed by atoms with E-state index in [1.807, 2.05) is 4.57 Å². The van der Waals surface area contributed by atoms with E-state index >= 15 is 0 Å². The van der Waals surface area contributed by atoms with Crippen molar-refractivity contribution in [2.45, 2.75) is 62.9 Å². The minimum atomic E-state index is -0.416. The lowest BCUT2D eigenvalue weighted by Crippen LogP contribution is -2.36. The molecule has 0 bridgehead atoms. The number of halogens is 1. The highest BCUT2D eigenvalue weighted by atomic mass is 32.2. The van der Waals surface area contributed by atoms with Crippen molar-refractivity contribution in [3.05, 3.63) is 48.6 Å². The molecule has 0 saturated heterocycles. The van der Waals surface area contributed by atoms with Gasteiger partial charge in [-0.1, -0.05) is 49.2 Å². The Labute approximate surface area is 174 Å². The fourth-order valence-electron chi connectivity index (χ4n) is 3.33. The van der Waals surface area contributed by atoms with Gasteiger partial charge >= 0.3 is 0 Å². The zero-order valence-corrected chi connectivity index (χ0v) is 17.3. The van der Waals surface area contributed by atoms with Crippen LogP contribution in [0.15, 0.2) is 42.1 Å². The largest absolute Gasteiger partial charge is 0.483 e. The molecular weight excluding hydrogens is 391 g/mol. The van der Waals surface area contributed by atoms with Gasteiger partial charge in [0.1, 0.15) is 6.61 Å². The summed E-state index contributed by atoms with van der Waals surface area (Å²) in [6.07, 6.45) is 8.00. The highest BCUT2D eigenvalue weighted by molar-refractivity contribution is 7.99. The summed E-state index contributed by atoms with van der Waals surface area (Å²) in [7, 11) is 0. The predicted molar refractivity (Wildman–Crippen MR) is 111 cm³/mol. The van der Waals surface area contributed by atoms with Gasteiger partial charge in [-0.3, -0.25) is 9.36 Å². The fourth-order valence-corrected chi connectivity index (χ4v) is 4.24. The number of amides is 1. The van der Waals surface area contributed by atoms with Crippen LogP contribution in [0.3, 0.4) is 0 Å². The molecule has 0 aliphatic heterocycles. The number of para-hydroxylation sites is 1. The van der Waals surface area contributed by atoms with Gasteiger partial charge in [0.2, 0.25) is 5.91 Å². The Morgan fingerprint density at radius 3 is 2.86 bits per heavy atom. The first kappa shape index (κ1) is 21.4. The molecule has 1 aromatic heterocycles. The first-order valence-electron chi connectivity index (χ1n) is 10.00. The Bertz CT molecular complexity index is 821. The minimum Gasteiger partial charge on any atom is -0.483 e. The normalized spacial score (nSPS) is 14.5. The van der Waals surface area contributed by atoms with E-state index in [1.54, 1.807) is 24.3 Å². The smallest absolute Gasteiger partial charge is 0.221 e. The molecule has 0 unspecified atom stereocenters. The van der Waals surface area contributed by atoms with Crippen LogP contribution in [-0.4, -0.2) is 32.5 Å². The van der Waals surface area contributed by atoms with Crippen LogP contribution in [0.4, 0.5) is 4.39 Å². The van der Waals surface area contributed by atoms with Gasteiger partial charge in [-0.25, -0.2) is 4.39 Å². The summed E-state index contributed by atoms with van der Waals surface area (Å²) in [5.74, 6) is 1.04. The molecule has 1 fully saturated rings.